The first-order valence-electron chi connectivity index (χ1n) is 6.50. The summed E-state index contributed by atoms with van der Waals surface area (Å²) in [7, 11) is 0. The van der Waals surface area contributed by atoms with Crippen molar-refractivity contribution in [1.82, 2.24) is 20.4 Å². The fourth-order valence-corrected chi connectivity index (χ4v) is 2.03. The van der Waals surface area contributed by atoms with Crippen LogP contribution in [0.4, 0.5) is 0 Å². The fraction of sp³-hybridized carbons (Fsp3) is 0.0667. The predicted molar refractivity (Wildman–Crippen MR) is 80.2 cm³/mol. The van der Waals surface area contributed by atoms with E-state index in [0.29, 0.717) is 10.8 Å². The molecule has 0 aliphatic heterocycles. The highest BCUT2D eigenvalue weighted by Gasteiger charge is 2.16. The van der Waals surface area contributed by atoms with Gasteiger partial charge < -0.3 is 9.84 Å². The van der Waals surface area contributed by atoms with E-state index in [1.54, 1.807) is 30.6 Å². The van der Waals surface area contributed by atoms with Crippen LogP contribution in [0.5, 0.6) is 0 Å². The summed E-state index contributed by atoms with van der Waals surface area (Å²) in [5, 5.41) is 7.06. The van der Waals surface area contributed by atoms with Crippen LogP contribution in [-0.2, 0) is 6.54 Å². The Balaban J connectivity index is 1.69. The molecule has 3 rings (SSSR count). The topological polar surface area (TPSA) is 80.9 Å². The maximum Gasteiger partial charge on any atom is 0.316 e. The van der Waals surface area contributed by atoms with Crippen molar-refractivity contribution in [2.75, 3.05) is 0 Å². The van der Waals surface area contributed by atoms with Gasteiger partial charge in [0.25, 0.3) is 0 Å². The first kappa shape index (κ1) is 14.2. The molecule has 0 aliphatic rings. The summed E-state index contributed by atoms with van der Waals surface area (Å²) in [5.41, 5.74) is 1.54. The molecule has 2 aromatic heterocycles. The number of halogens is 1. The number of carbonyl (C=O) groups is 1. The van der Waals surface area contributed by atoms with Crippen molar-refractivity contribution >= 4 is 17.5 Å². The van der Waals surface area contributed by atoms with Crippen LogP contribution in [0.25, 0.3) is 11.4 Å². The van der Waals surface area contributed by atoms with Gasteiger partial charge in [0, 0.05) is 29.5 Å². The monoisotopic (exact) mass is 314 g/mol. The number of aromatic nitrogens is 3. The lowest BCUT2D eigenvalue weighted by molar-refractivity contribution is 0.0907. The van der Waals surface area contributed by atoms with Gasteiger partial charge in [-0.2, -0.15) is 4.98 Å². The second-order valence-corrected chi connectivity index (χ2v) is 4.84. The van der Waals surface area contributed by atoms with E-state index < -0.39 is 5.91 Å². The first-order valence-corrected chi connectivity index (χ1v) is 6.87. The number of hydrogen-bond acceptors (Lipinski definition) is 5. The molecule has 2 heterocycles. The van der Waals surface area contributed by atoms with Gasteiger partial charge in [0.1, 0.15) is 0 Å². The Labute approximate surface area is 131 Å². The van der Waals surface area contributed by atoms with Gasteiger partial charge in [-0.05, 0) is 23.8 Å². The number of rotatable bonds is 4. The average Bonchev–Trinajstić information content (AvgIpc) is 3.05. The largest absolute Gasteiger partial charge is 0.344 e. The maximum atomic E-state index is 12.0. The summed E-state index contributed by atoms with van der Waals surface area (Å²) in [5.74, 6) is -0.211. The van der Waals surface area contributed by atoms with Crippen molar-refractivity contribution in [3.8, 4) is 11.4 Å². The highest BCUT2D eigenvalue weighted by molar-refractivity contribution is 6.31. The molecule has 110 valence electrons. The maximum absolute atomic E-state index is 12.0. The molecule has 7 heteroatoms. The summed E-state index contributed by atoms with van der Waals surface area (Å²) < 4.78 is 4.97. The Morgan fingerprint density at radius 2 is 1.95 bits per heavy atom. The van der Waals surface area contributed by atoms with Gasteiger partial charge in [0.2, 0.25) is 5.82 Å². The van der Waals surface area contributed by atoms with Crippen molar-refractivity contribution in [3.05, 3.63) is 65.3 Å². The molecule has 0 fully saturated rings. The number of nitrogens with one attached hydrogen (secondary N) is 1. The molecule has 0 saturated heterocycles. The van der Waals surface area contributed by atoms with Gasteiger partial charge in [0.15, 0.2) is 0 Å². The zero-order chi connectivity index (χ0) is 15.4. The molecule has 0 aliphatic carbocycles. The molecule has 1 aromatic carbocycles. The molecule has 0 radical (unpaired) electrons. The molecule has 6 nitrogen and oxygen atoms in total. The van der Waals surface area contributed by atoms with E-state index in [1.165, 1.54) is 0 Å². The van der Waals surface area contributed by atoms with E-state index >= 15 is 0 Å². The molecule has 0 unspecified atom stereocenters. The number of pyridine rings is 1. The second-order valence-electron chi connectivity index (χ2n) is 4.43. The Kier molecular flexibility index (Phi) is 4.11. The Morgan fingerprint density at radius 3 is 2.73 bits per heavy atom. The van der Waals surface area contributed by atoms with E-state index in [9.17, 15) is 4.79 Å². The molecule has 0 bridgehead atoms. The van der Waals surface area contributed by atoms with Crippen LogP contribution in [0.15, 0.2) is 53.3 Å². The fourth-order valence-electron chi connectivity index (χ4n) is 1.83. The summed E-state index contributed by atoms with van der Waals surface area (Å²) in [4.78, 5) is 20.0. The molecule has 1 amide bonds. The average molecular weight is 315 g/mol. The first-order chi connectivity index (χ1) is 10.7. The van der Waals surface area contributed by atoms with Crippen molar-refractivity contribution in [3.63, 3.8) is 0 Å². The molecule has 3 aromatic rings. The van der Waals surface area contributed by atoms with Gasteiger partial charge in [-0.1, -0.05) is 35.0 Å². The van der Waals surface area contributed by atoms with Crippen LogP contribution in [0, 0.1) is 0 Å². The van der Waals surface area contributed by atoms with E-state index in [0.717, 1.165) is 11.1 Å². The second kappa shape index (κ2) is 6.36. The molecule has 0 saturated carbocycles. The third-order valence-electron chi connectivity index (χ3n) is 2.96. The number of nitrogens with zero attached hydrogens (tertiary/aromatic N) is 3. The normalized spacial score (nSPS) is 10.4. The van der Waals surface area contributed by atoms with Crippen LogP contribution in [0.3, 0.4) is 0 Å². The van der Waals surface area contributed by atoms with Crippen LogP contribution < -0.4 is 5.32 Å². The van der Waals surface area contributed by atoms with E-state index in [1.807, 2.05) is 18.2 Å². The van der Waals surface area contributed by atoms with Crippen LogP contribution in [0.1, 0.15) is 16.2 Å². The standard InChI is InChI=1S/C15H11ClN4O2/c16-12-4-2-1-3-11(12)9-18-14(21)15-19-13(20-22-15)10-5-7-17-8-6-10/h1-8H,9H2,(H,18,21). The number of carbonyl (C=O) groups excluding carboxylic acids is 1. The van der Waals surface area contributed by atoms with Crippen molar-refractivity contribution < 1.29 is 9.32 Å². The Bertz CT molecular complexity index is 789. The highest BCUT2D eigenvalue weighted by Crippen LogP contribution is 2.16. The van der Waals surface area contributed by atoms with E-state index in [2.05, 4.69) is 20.4 Å². The summed E-state index contributed by atoms with van der Waals surface area (Å²) in [6, 6.07) is 10.7. The minimum atomic E-state index is -0.451. The summed E-state index contributed by atoms with van der Waals surface area (Å²) in [6.07, 6.45) is 3.23. The molecule has 22 heavy (non-hydrogen) atoms. The lowest BCUT2D eigenvalue weighted by Gasteiger charge is -2.04. The number of amides is 1. The quantitative estimate of drug-likeness (QED) is 0.800. The minimum Gasteiger partial charge on any atom is -0.344 e. The van der Waals surface area contributed by atoms with Crippen LogP contribution in [-0.4, -0.2) is 21.0 Å². The zero-order valence-corrected chi connectivity index (χ0v) is 12.1. The molecule has 0 spiro atoms. The zero-order valence-electron chi connectivity index (χ0n) is 11.4. The van der Waals surface area contributed by atoms with Crippen LogP contribution in [0.2, 0.25) is 5.02 Å². The molecule has 0 atom stereocenters. The predicted octanol–water partition coefficient (Wildman–Crippen LogP) is 2.72. The Morgan fingerprint density at radius 1 is 1.18 bits per heavy atom. The third kappa shape index (κ3) is 3.12. The lowest BCUT2D eigenvalue weighted by Crippen LogP contribution is -2.23. The highest BCUT2D eigenvalue weighted by atomic mass is 35.5. The number of hydrogen-bond donors (Lipinski definition) is 1. The van der Waals surface area contributed by atoms with Crippen molar-refractivity contribution in [2.45, 2.75) is 6.54 Å². The van der Waals surface area contributed by atoms with E-state index in [4.69, 9.17) is 16.1 Å². The molecular formula is C15H11ClN4O2. The van der Waals surface area contributed by atoms with Gasteiger partial charge in [-0.15, -0.1) is 0 Å². The molecule has 1 N–H and O–H groups in total. The third-order valence-corrected chi connectivity index (χ3v) is 3.32. The summed E-state index contributed by atoms with van der Waals surface area (Å²) >= 11 is 6.03. The summed E-state index contributed by atoms with van der Waals surface area (Å²) in [6.45, 7) is 0.283. The smallest absolute Gasteiger partial charge is 0.316 e. The lowest BCUT2D eigenvalue weighted by atomic mass is 10.2. The van der Waals surface area contributed by atoms with Gasteiger partial charge >= 0.3 is 11.8 Å². The van der Waals surface area contributed by atoms with Gasteiger partial charge in [0.05, 0.1) is 0 Å². The van der Waals surface area contributed by atoms with Gasteiger partial charge in [-0.3, -0.25) is 9.78 Å². The molecular weight excluding hydrogens is 304 g/mol. The SMILES string of the molecule is O=C(NCc1ccccc1Cl)c1nc(-c2ccncc2)no1. The minimum absolute atomic E-state index is 0.0983. The Hall–Kier alpha value is -2.73. The van der Waals surface area contributed by atoms with Gasteiger partial charge in [-0.25, -0.2) is 0 Å². The van der Waals surface area contributed by atoms with E-state index in [-0.39, 0.29) is 12.4 Å². The number of benzene rings is 1. The van der Waals surface area contributed by atoms with Crippen LogP contribution >= 0.6 is 11.6 Å². The van der Waals surface area contributed by atoms with Crippen molar-refractivity contribution in [2.24, 2.45) is 0 Å². The van der Waals surface area contributed by atoms with Crippen molar-refractivity contribution in [1.29, 1.82) is 0 Å².